The van der Waals surface area contributed by atoms with E-state index >= 15 is 0 Å². The average molecular weight is 491 g/mol. The SMILES string of the molecule is Cc1csc2c(-n3nc(Nc4ccc(C=CCN5CCN(C(C)C)CC5)nc4)nc3N)ncnc12. The summed E-state index contributed by atoms with van der Waals surface area (Å²) in [6, 6.07) is 4.55. The number of anilines is 3. The number of thiophene rings is 1. The highest BCUT2D eigenvalue weighted by molar-refractivity contribution is 7.17. The van der Waals surface area contributed by atoms with Gasteiger partial charge in [0.15, 0.2) is 5.82 Å². The molecule has 1 saturated heterocycles. The Bertz CT molecular complexity index is 1320. The molecule has 0 amide bonds. The van der Waals surface area contributed by atoms with E-state index in [1.807, 2.05) is 24.4 Å². The predicted octanol–water partition coefficient (Wildman–Crippen LogP) is 3.34. The normalized spacial score (nSPS) is 15.5. The Balaban J connectivity index is 1.21. The van der Waals surface area contributed by atoms with Gasteiger partial charge >= 0.3 is 0 Å². The summed E-state index contributed by atoms with van der Waals surface area (Å²) in [5.41, 5.74) is 9.83. The predicted molar refractivity (Wildman–Crippen MR) is 141 cm³/mol. The van der Waals surface area contributed by atoms with E-state index in [0.29, 0.717) is 17.8 Å². The minimum absolute atomic E-state index is 0.250. The van der Waals surface area contributed by atoms with Gasteiger partial charge < -0.3 is 11.1 Å². The van der Waals surface area contributed by atoms with Crippen LogP contribution in [0.4, 0.5) is 17.6 Å². The molecular formula is C24H30N10S. The van der Waals surface area contributed by atoms with E-state index in [-0.39, 0.29) is 5.95 Å². The van der Waals surface area contributed by atoms with E-state index in [4.69, 9.17) is 5.73 Å². The van der Waals surface area contributed by atoms with Gasteiger partial charge in [0, 0.05) is 38.8 Å². The fraction of sp³-hybridized carbons (Fsp3) is 0.375. The van der Waals surface area contributed by atoms with Crippen LogP contribution in [0.3, 0.4) is 0 Å². The van der Waals surface area contributed by atoms with Crippen molar-refractivity contribution in [1.29, 1.82) is 0 Å². The van der Waals surface area contributed by atoms with Crippen LogP contribution >= 0.6 is 11.3 Å². The van der Waals surface area contributed by atoms with Gasteiger partial charge in [-0.1, -0.05) is 6.08 Å². The number of hydrogen-bond donors (Lipinski definition) is 2. The topological polar surface area (TPSA) is 114 Å². The van der Waals surface area contributed by atoms with Crippen LogP contribution in [0, 0.1) is 6.92 Å². The number of nitrogens with two attached hydrogens (primary N) is 1. The second-order valence-electron chi connectivity index (χ2n) is 8.93. The molecule has 0 saturated carbocycles. The van der Waals surface area contributed by atoms with E-state index in [0.717, 1.165) is 59.9 Å². The second-order valence-corrected chi connectivity index (χ2v) is 9.81. The first-order chi connectivity index (χ1) is 17.0. The van der Waals surface area contributed by atoms with E-state index < -0.39 is 0 Å². The third kappa shape index (κ3) is 5.16. The zero-order valence-corrected chi connectivity index (χ0v) is 21.0. The average Bonchev–Trinajstić information content (AvgIpc) is 3.42. The second kappa shape index (κ2) is 10.1. The number of nitrogens with one attached hydrogen (secondary N) is 1. The van der Waals surface area contributed by atoms with Crippen LogP contribution in [0.2, 0.25) is 0 Å². The lowest BCUT2D eigenvalue weighted by molar-refractivity contribution is 0.117. The Labute approximate surface area is 208 Å². The van der Waals surface area contributed by atoms with Crippen molar-refractivity contribution in [2.45, 2.75) is 26.8 Å². The largest absolute Gasteiger partial charge is 0.368 e. The highest BCUT2D eigenvalue weighted by atomic mass is 32.1. The first-order valence-electron chi connectivity index (χ1n) is 11.8. The van der Waals surface area contributed by atoms with Crippen LogP contribution in [0.1, 0.15) is 25.1 Å². The van der Waals surface area contributed by atoms with Gasteiger partial charge in [-0.25, -0.2) is 9.97 Å². The Hall–Kier alpha value is -3.41. The highest BCUT2D eigenvalue weighted by Gasteiger charge is 2.18. The van der Waals surface area contributed by atoms with Gasteiger partial charge in [-0.15, -0.1) is 16.4 Å². The van der Waals surface area contributed by atoms with E-state index in [9.17, 15) is 0 Å². The first-order valence-corrected chi connectivity index (χ1v) is 12.6. The number of pyridine rings is 1. The molecule has 0 aliphatic carbocycles. The van der Waals surface area contributed by atoms with Crippen LogP contribution in [0.15, 0.2) is 36.1 Å². The molecule has 1 aliphatic rings. The standard InChI is InChI=1S/C24H30N10S/c1-16(2)33-11-9-32(10-12-33)8-4-5-18-6-7-19(13-26-18)29-24-30-23(25)34(31-24)22-21-20(27-15-28-22)17(3)14-35-21/h4-7,13-16H,8-12H2,1-3H3,(H3,25,29,30,31). The van der Waals surface area contributed by atoms with Crippen molar-refractivity contribution in [3.63, 3.8) is 0 Å². The third-order valence-corrected chi connectivity index (χ3v) is 7.26. The minimum Gasteiger partial charge on any atom is -0.368 e. The molecule has 0 bridgehead atoms. The Kier molecular flexibility index (Phi) is 6.71. The van der Waals surface area contributed by atoms with Gasteiger partial charge in [-0.05, 0) is 49.9 Å². The van der Waals surface area contributed by atoms with E-state index in [2.05, 4.69) is 66.2 Å². The Morgan fingerprint density at radius 1 is 1.14 bits per heavy atom. The molecule has 5 heterocycles. The molecule has 10 nitrogen and oxygen atoms in total. The van der Waals surface area contributed by atoms with Gasteiger partial charge in [-0.2, -0.15) is 9.67 Å². The summed E-state index contributed by atoms with van der Waals surface area (Å²) in [6.07, 6.45) is 7.53. The first kappa shape index (κ1) is 23.3. The van der Waals surface area contributed by atoms with Crippen molar-refractivity contribution in [2.24, 2.45) is 0 Å². The van der Waals surface area contributed by atoms with Crippen molar-refractivity contribution < 1.29 is 0 Å². The van der Waals surface area contributed by atoms with Crippen molar-refractivity contribution in [3.05, 3.63) is 47.4 Å². The molecule has 4 aromatic heterocycles. The molecule has 1 aliphatic heterocycles. The van der Waals surface area contributed by atoms with Crippen molar-refractivity contribution in [1.82, 2.24) is 39.5 Å². The van der Waals surface area contributed by atoms with Crippen LogP contribution in [-0.4, -0.2) is 78.3 Å². The number of fused-ring (bicyclic) bond motifs is 1. The summed E-state index contributed by atoms with van der Waals surface area (Å²) in [6.45, 7) is 12.0. The lowest BCUT2D eigenvalue weighted by Crippen LogP contribution is -2.48. The van der Waals surface area contributed by atoms with Gasteiger partial charge in [0.2, 0.25) is 11.9 Å². The van der Waals surface area contributed by atoms with Gasteiger partial charge in [0.1, 0.15) is 6.33 Å². The summed E-state index contributed by atoms with van der Waals surface area (Å²) < 4.78 is 2.46. The van der Waals surface area contributed by atoms with Gasteiger partial charge in [-0.3, -0.25) is 14.8 Å². The third-order valence-electron chi connectivity index (χ3n) is 6.18. The van der Waals surface area contributed by atoms with E-state index in [1.54, 1.807) is 17.5 Å². The fourth-order valence-corrected chi connectivity index (χ4v) is 5.11. The zero-order valence-electron chi connectivity index (χ0n) is 20.2. The quantitative estimate of drug-likeness (QED) is 0.402. The number of aromatic nitrogens is 6. The number of nitrogens with zero attached hydrogens (tertiary/aromatic N) is 8. The minimum atomic E-state index is 0.250. The summed E-state index contributed by atoms with van der Waals surface area (Å²) in [5, 5.41) is 9.73. The molecule has 0 atom stereocenters. The van der Waals surface area contributed by atoms with Gasteiger partial charge in [0.05, 0.1) is 27.8 Å². The molecule has 0 unspecified atom stereocenters. The molecule has 0 spiro atoms. The number of rotatable bonds is 7. The Morgan fingerprint density at radius 2 is 1.97 bits per heavy atom. The molecule has 11 heteroatoms. The molecule has 3 N–H and O–H groups in total. The lowest BCUT2D eigenvalue weighted by Gasteiger charge is -2.36. The summed E-state index contributed by atoms with van der Waals surface area (Å²) in [5.74, 6) is 1.25. The molecule has 0 radical (unpaired) electrons. The zero-order chi connectivity index (χ0) is 24.4. The smallest absolute Gasteiger partial charge is 0.248 e. The molecule has 1 fully saturated rings. The monoisotopic (exact) mass is 490 g/mol. The maximum Gasteiger partial charge on any atom is 0.248 e. The van der Waals surface area contributed by atoms with Crippen LogP contribution in [0.25, 0.3) is 22.1 Å². The summed E-state index contributed by atoms with van der Waals surface area (Å²) in [7, 11) is 0. The highest BCUT2D eigenvalue weighted by Crippen LogP contribution is 2.28. The molecule has 182 valence electrons. The van der Waals surface area contributed by atoms with E-state index in [1.165, 1.54) is 11.0 Å². The molecule has 0 aromatic carbocycles. The summed E-state index contributed by atoms with van der Waals surface area (Å²) >= 11 is 1.56. The molecule has 35 heavy (non-hydrogen) atoms. The Morgan fingerprint density at radius 3 is 2.71 bits per heavy atom. The van der Waals surface area contributed by atoms with Crippen LogP contribution in [-0.2, 0) is 0 Å². The molecular weight excluding hydrogens is 460 g/mol. The van der Waals surface area contributed by atoms with Crippen LogP contribution < -0.4 is 11.1 Å². The van der Waals surface area contributed by atoms with Crippen molar-refractivity contribution in [3.8, 4) is 5.82 Å². The van der Waals surface area contributed by atoms with Crippen molar-refractivity contribution >= 4 is 45.2 Å². The fourth-order valence-electron chi connectivity index (χ4n) is 4.13. The lowest BCUT2D eigenvalue weighted by atomic mass is 10.2. The molecule has 4 aromatic rings. The number of nitrogen functional groups attached to an aromatic ring is 1. The summed E-state index contributed by atoms with van der Waals surface area (Å²) in [4.78, 5) is 22.6. The number of aryl methyl sites for hydroxylation is 1. The maximum atomic E-state index is 6.15. The number of piperazine rings is 1. The maximum absolute atomic E-state index is 6.15. The van der Waals surface area contributed by atoms with Gasteiger partial charge in [0.25, 0.3) is 0 Å². The number of hydrogen-bond acceptors (Lipinski definition) is 10. The van der Waals surface area contributed by atoms with Crippen LogP contribution in [0.5, 0.6) is 0 Å². The molecule has 5 rings (SSSR count). The van der Waals surface area contributed by atoms with Crippen molar-refractivity contribution in [2.75, 3.05) is 43.8 Å².